The van der Waals surface area contributed by atoms with Crippen LogP contribution in [0.25, 0.3) is 111 Å². The molecule has 0 fully saturated rings. The van der Waals surface area contributed by atoms with Crippen LogP contribution in [-0.4, -0.2) is 19.9 Å². The van der Waals surface area contributed by atoms with Gasteiger partial charge in [-0.25, -0.2) is 19.9 Å². The standard InChI is InChI=1S/C52H32N4O/c1-4-14-33(15-5-1)36-20-12-22-39(30-36)51-54-50(35-18-8-3-9-19-35)55-52(56-51)40-23-13-21-37(31-40)38-26-29-46-44(32-38)41-27-28-43-47(49(41)57-46)42-24-10-11-25-45(42)53-48(43)34-16-6-2-7-17-34/h1-32H. The zero-order valence-electron chi connectivity index (χ0n) is 30.7. The number of para-hydroxylation sites is 1. The number of nitrogens with zero attached hydrogens (tertiary/aromatic N) is 4. The third-order valence-corrected chi connectivity index (χ3v) is 10.7. The van der Waals surface area contributed by atoms with E-state index in [9.17, 15) is 0 Å². The van der Waals surface area contributed by atoms with Gasteiger partial charge in [-0.15, -0.1) is 0 Å². The van der Waals surface area contributed by atoms with Gasteiger partial charge in [0.2, 0.25) is 0 Å². The highest BCUT2D eigenvalue weighted by molar-refractivity contribution is 6.24. The first kappa shape index (κ1) is 32.7. The highest BCUT2D eigenvalue weighted by Gasteiger charge is 2.19. The van der Waals surface area contributed by atoms with Crippen molar-refractivity contribution in [3.05, 3.63) is 194 Å². The lowest BCUT2D eigenvalue weighted by Gasteiger charge is -2.11. The summed E-state index contributed by atoms with van der Waals surface area (Å²) in [6.45, 7) is 0. The van der Waals surface area contributed by atoms with Crippen LogP contribution in [-0.2, 0) is 0 Å². The summed E-state index contributed by atoms with van der Waals surface area (Å²) < 4.78 is 6.74. The SMILES string of the molecule is c1ccc(-c2cccc(-c3nc(-c4ccccc4)nc(-c4cccc(-c5ccc6oc7c(ccc8c(-c9ccccc9)nc9ccccc9c87)c6c5)c4)n3)c2)cc1. The summed E-state index contributed by atoms with van der Waals surface area (Å²) in [7, 11) is 0. The molecule has 5 heteroatoms. The molecule has 0 saturated heterocycles. The van der Waals surface area contributed by atoms with Gasteiger partial charge in [-0.1, -0.05) is 158 Å². The first-order chi connectivity index (χ1) is 28.2. The summed E-state index contributed by atoms with van der Waals surface area (Å²) in [5.74, 6) is 1.86. The average molecular weight is 729 g/mol. The van der Waals surface area contributed by atoms with Gasteiger partial charge < -0.3 is 4.42 Å². The van der Waals surface area contributed by atoms with Gasteiger partial charge in [0.15, 0.2) is 17.5 Å². The molecule has 0 aliphatic carbocycles. The Morgan fingerprint density at radius 3 is 1.49 bits per heavy atom. The quantitative estimate of drug-likeness (QED) is 0.160. The van der Waals surface area contributed by atoms with Crippen LogP contribution < -0.4 is 0 Å². The second-order valence-electron chi connectivity index (χ2n) is 14.2. The predicted octanol–water partition coefficient (Wildman–Crippen LogP) is 13.5. The van der Waals surface area contributed by atoms with E-state index in [4.69, 9.17) is 24.4 Å². The minimum absolute atomic E-state index is 0.613. The van der Waals surface area contributed by atoms with Gasteiger partial charge in [0, 0.05) is 49.2 Å². The minimum atomic E-state index is 0.613. The lowest BCUT2D eigenvalue weighted by Crippen LogP contribution is -2.00. The number of fused-ring (bicyclic) bond motifs is 7. The zero-order valence-corrected chi connectivity index (χ0v) is 30.7. The van der Waals surface area contributed by atoms with Crippen molar-refractivity contribution in [1.29, 1.82) is 0 Å². The van der Waals surface area contributed by atoms with Gasteiger partial charge >= 0.3 is 0 Å². The minimum Gasteiger partial charge on any atom is -0.455 e. The molecule has 5 nitrogen and oxygen atoms in total. The number of hydrogen-bond donors (Lipinski definition) is 0. The molecule has 0 saturated carbocycles. The van der Waals surface area contributed by atoms with E-state index in [1.54, 1.807) is 0 Å². The van der Waals surface area contributed by atoms with E-state index in [2.05, 4.69) is 146 Å². The molecule has 0 amide bonds. The summed E-state index contributed by atoms with van der Waals surface area (Å²) in [5, 5.41) is 5.34. The van der Waals surface area contributed by atoms with Gasteiger partial charge in [0.1, 0.15) is 11.2 Å². The van der Waals surface area contributed by atoms with Crippen LogP contribution in [0.3, 0.4) is 0 Å². The Kier molecular flexibility index (Phi) is 7.74. The Morgan fingerprint density at radius 2 is 0.807 bits per heavy atom. The van der Waals surface area contributed by atoms with Gasteiger partial charge in [0.05, 0.1) is 11.2 Å². The molecule has 8 aromatic carbocycles. The van der Waals surface area contributed by atoms with Gasteiger partial charge in [0.25, 0.3) is 0 Å². The highest BCUT2D eigenvalue weighted by atomic mass is 16.3. The number of hydrogen-bond acceptors (Lipinski definition) is 5. The summed E-state index contributed by atoms with van der Waals surface area (Å²) in [5.41, 5.74) is 11.8. The van der Waals surface area contributed by atoms with Crippen LogP contribution in [0.1, 0.15) is 0 Å². The topological polar surface area (TPSA) is 64.7 Å². The molecule has 11 aromatic rings. The summed E-state index contributed by atoms with van der Waals surface area (Å²) in [6, 6.07) is 66.8. The largest absolute Gasteiger partial charge is 0.455 e. The summed E-state index contributed by atoms with van der Waals surface area (Å²) >= 11 is 0. The Hall–Kier alpha value is -7.76. The van der Waals surface area contributed by atoms with Crippen LogP contribution in [0.5, 0.6) is 0 Å². The summed E-state index contributed by atoms with van der Waals surface area (Å²) in [4.78, 5) is 20.3. The van der Waals surface area contributed by atoms with Crippen LogP contribution in [0.15, 0.2) is 199 Å². The number of furan rings is 1. The zero-order chi connectivity index (χ0) is 37.7. The van der Waals surface area contributed by atoms with Crippen molar-refractivity contribution >= 4 is 43.6 Å². The number of rotatable bonds is 6. The fourth-order valence-corrected chi connectivity index (χ4v) is 7.92. The fraction of sp³-hybridized carbons (Fsp3) is 0. The molecule has 0 radical (unpaired) electrons. The molecule has 57 heavy (non-hydrogen) atoms. The van der Waals surface area contributed by atoms with Crippen molar-refractivity contribution < 1.29 is 4.42 Å². The Labute approximate surface area is 328 Å². The molecule has 0 spiro atoms. The average Bonchev–Trinajstić information content (AvgIpc) is 3.68. The smallest absolute Gasteiger partial charge is 0.164 e. The van der Waals surface area contributed by atoms with Crippen LogP contribution >= 0.6 is 0 Å². The monoisotopic (exact) mass is 728 g/mol. The van der Waals surface area contributed by atoms with Gasteiger partial charge in [-0.3, -0.25) is 0 Å². The molecule has 0 atom stereocenters. The van der Waals surface area contributed by atoms with Gasteiger partial charge in [-0.2, -0.15) is 0 Å². The van der Waals surface area contributed by atoms with E-state index in [0.29, 0.717) is 17.5 Å². The maximum Gasteiger partial charge on any atom is 0.164 e. The van der Waals surface area contributed by atoms with E-state index < -0.39 is 0 Å². The Balaban J connectivity index is 1.04. The molecular formula is C52H32N4O. The second-order valence-corrected chi connectivity index (χ2v) is 14.2. The molecule has 11 rings (SSSR count). The van der Waals surface area contributed by atoms with Crippen molar-refractivity contribution in [2.75, 3.05) is 0 Å². The van der Waals surface area contributed by atoms with Crippen molar-refractivity contribution in [1.82, 2.24) is 19.9 Å². The first-order valence-corrected chi connectivity index (χ1v) is 19.0. The first-order valence-electron chi connectivity index (χ1n) is 19.0. The molecule has 0 N–H and O–H groups in total. The maximum absolute atomic E-state index is 6.74. The number of benzene rings is 8. The van der Waals surface area contributed by atoms with Crippen LogP contribution in [0.4, 0.5) is 0 Å². The van der Waals surface area contributed by atoms with Crippen molar-refractivity contribution in [3.8, 4) is 67.7 Å². The third-order valence-electron chi connectivity index (χ3n) is 10.7. The van der Waals surface area contributed by atoms with Gasteiger partial charge in [-0.05, 0) is 58.7 Å². The molecule has 0 aliphatic heterocycles. The number of aromatic nitrogens is 4. The molecule has 3 heterocycles. The molecule has 0 aliphatic rings. The van der Waals surface area contributed by atoms with Crippen LogP contribution in [0, 0.1) is 0 Å². The van der Waals surface area contributed by atoms with Crippen molar-refractivity contribution in [3.63, 3.8) is 0 Å². The Bertz CT molecular complexity index is 3290. The van der Waals surface area contributed by atoms with E-state index in [-0.39, 0.29) is 0 Å². The fourth-order valence-electron chi connectivity index (χ4n) is 7.92. The lowest BCUT2D eigenvalue weighted by atomic mass is 9.97. The second kappa shape index (κ2) is 13.5. The molecule has 0 bridgehead atoms. The maximum atomic E-state index is 6.74. The number of pyridine rings is 1. The molecule has 3 aromatic heterocycles. The molecule has 266 valence electrons. The third kappa shape index (κ3) is 5.81. The van der Waals surface area contributed by atoms with E-state index in [1.807, 2.05) is 48.5 Å². The normalized spacial score (nSPS) is 11.5. The van der Waals surface area contributed by atoms with E-state index in [1.165, 1.54) is 0 Å². The predicted molar refractivity (Wildman–Crippen MR) is 233 cm³/mol. The van der Waals surface area contributed by atoms with E-state index >= 15 is 0 Å². The Morgan fingerprint density at radius 1 is 0.298 bits per heavy atom. The van der Waals surface area contributed by atoms with E-state index in [0.717, 1.165) is 93.8 Å². The van der Waals surface area contributed by atoms with Crippen molar-refractivity contribution in [2.24, 2.45) is 0 Å². The van der Waals surface area contributed by atoms with Crippen molar-refractivity contribution in [2.45, 2.75) is 0 Å². The molecular weight excluding hydrogens is 697 g/mol. The molecule has 0 unspecified atom stereocenters. The lowest BCUT2D eigenvalue weighted by molar-refractivity contribution is 0.673. The highest BCUT2D eigenvalue weighted by Crippen LogP contribution is 2.42. The van der Waals surface area contributed by atoms with Crippen LogP contribution in [0.2, 0.25) is 0 Å². The summed E-state index contributed by atoms with van der Waals surface area (Å²) in [6.07, 6.45) is 0.